The van der Waals surface area contributed by atoms with Crippen LogP contribution in [-0.2, 0) is 6.42 Å². The van der Waals surface area contributed by atoms with Gasteiger partial charge in [-0.25, -0.2) is 0 Å². The molecule has 0 amide bonds. The Morgan fingerprint density at radius 1 is 0.938 bits per heavy atom. The van der Waals surface area contributed by atoms with Crippen LogP contribution in [0, 0.1) is 0 Å². The smallest absolute Gasteiger partial charge is 0 e. The van der Waals surface area contributed by atoms with Gasteiger partial charge in [0.15, 0.2) is 0 Å². The lowest BCUT2D eigenvalue weighted by Gasteiger charge is -1.89. The quantitative estimate of drug-likeness (QED) is 0.669. The van der Waals surface area contributed by atoms with Crippen molar-refractivity contribution in [2.45, 2.75) is 13.3 Å². The summed E-state index contributed by atoms with van der Waals surface area (Å²) in [4.78, 5) is 0. The molecule has 0 N–H and O–H groups in total. The van der Waals surface area contributed by atoms with Gasteiger partial charge in [0.1, 0.15) is 0 Å². The molecule has 0 radical (unpaired) electrons. The maximum absolute atomic E-state index is 3.63. The van der Waals surface area contributed by atoms with Crippen LogP contribution in [0.2, 0.25) is 0 Å². The second-order valence-electron chi connectivity index (χ2n) is 3.45. The Kier molecular flexibility index (Phi) is 5.72. The van der Waals surface area contributed by atoms with Crippen LogP contribution in [0.1, 0.15) is 19.5 Å². The minimum Gasteiger partial charge on any atom is -0.0985 e. The van der Waals surface area contributed by atoms with E-state index >= 15 is 0 Å². The van der Waals surface area contributed by atoms with E-state index in [-0.39, 0.29) is 1.43 Å². The summed E-state index contributed by atoms with van der Waals surface area (Å²) in [6.07, 6.45) is 2.97. The molecule has 84 valence electrons. The molecule has 0 aliphatic carbocycles. The molecule has 0 aromatic heterocycles. The van der Waals surface area contributed by atoms with Gasteiger partial charge < -0.3 is 0 Å². The van der Waals surface area contributed by atoms with Crippen LogP contribution < -0.4 is 0 Å². The second kappa shape index (κ2) is 7.47. The van der Waals surface area contributed by atoms with Crippen LogP contribution >= 0.6 is 0 Å². The van der Waals surface area contributed by atoms with Crippen LogP contribution in [0.25, 0.3) is 6.08 Å². The van der Waals surface area contributed by atoms with Crippen molar-refractivity contribution < 1.29 is 1.43 Å². The van der Waals surface area contributed by atoms with Crippen molar-refractivity contribution in [3.05, 3.63) is 78.4 Å². The van der Waals surface area contributed by atoms with Gasteiger partial charge in [-0.05, 0) is 17.5 Å². The topological polar surface area (TPSA) is 0 Å². The molecule has 0 aliphatic heterocycles. The fraction of sp³-hybridized carbons (Fsp3) is 0.125. The first-order valence-electron chi connectivity index (χ1n) is 5.58. The van der Waals surface area contributed by atoms with E-state index in [1.165, 1.54) is 11.1 Å². The van der Waals surface area contributed by atoms with E-state index in [1.807, 2.05) is 42.5 Å². The average molecular weight is 212 g/mol. The van der Waals surface area contributed by atoms with Gasteiger partial charge >= 0.3 is 0 Å². The molecule has 0 aliphatic rings. The normalized spacial score (nSPS) is 8.81. The van der Waals surface area contributed by atoms with E-state index < -0.39 is 0 Å². The highest BCUT2D eigenvalue weighted by Gasteiger charge is 1.80. The van der Waals surface area contributed by atoms with E-state index in [0.717, 1.165) is 6.42 Å². The Hall–Kier alpha value is -1.82. The lowest BCUT2D eigenvalue weighted by atomic mass is 10.2. The molecular formula is C16H20. The Balaban J connectivity index is 0.000000284. The first-order valence-corrected chi connectivity index (χ1v) is 5.58. The lowest BCUT2D eigenvalue weighted by molar-refractivity contribution is 1.14. The predicted octanol–water partition coefficient (Wildman–Crippen LogP) is 4.82. The second-order valence-corrected chi connectivity index (χ2v) is 3.45. The maximum Gasteiger partial charge on any atom is 0 e. The Bertz CT molecular complexity index is 392. The third kappa shape index (κ3) is 4.61. The van der Waals surface area contributed by atoms with Gasteiger partial charge in [0, 0.05) is 1.43 Å². The van der Waals surface area contributed by atoms with E-state index in [4.69, 9.17) is 0 Å². The molecule has 0 atom stereocenters. The molecule has 2 aromatic rings. The average Bonchev–Trinajstić information content (AvgIpc) is 2.41. The van der Waals surface area contributed by atoms with Gasteiger partial charge in [0.2, 0.25) is 0 Å². The van der Waals surface area contributed by atoms with Crippen LogP contribution in [0.15, 0.2) is 67.2 Å². The van der Waals surface area contributed by atoms with Gasteiger partial charge in [-0.15, -0.1) is 0 Å². The van der Waals surface area contributed by atoms with Gasteiger partial charge in [0.25, 0.3) is 0 Å². The molecule has 0 heteroatoms. The van der Waals surface area contributed by atoms with Crippen LogP contribution in [0.3, 0.4) is 0 Å². The summed E-state index contributed by atoms with van der Waals surface area (Å²) in [5, 5.41) is 0. The summed E-state index contributed by atoms with van der Waals surface area (Å²) in [7, 11) is 0. The van der Waals surface area contributed by atoms with E-state index in [1.54, 1.807) is 0 Å². The molecule has 2 rings (SSSR count). The first-order chi connectivity index (χ1) is 7.86. The summed E-state index contributed by atoms with van der Waals surface area (Å²) in [5.74, 6) is 0. The summed E-state index contributed by atoms with van der Waals surface area (Å²) in [5.41, 5.74) is 2.58. The number of rotatable bonds is 2. The van der Waals surface area contributed by atoms with Crippen LogP contribution in [0.5, 0.6) is 0 Å². The zero-order valence-corrected chi connectivity index (χ0v) is 9.77. The minimum absolute atomic E-state index is 0. The van der Waals surface area contributed by atoms with Crippen molar-refractivity contribution in [1.82, 2.24) is 0 Å². The van der Waals surface area contributed by atoms with Crippen molar-refractivity contribution >= 4 is 6.08 Å². The number of hydrogen-bond acceptors (Lipinski definition) is 0. The summed E-state index contributed by atoms with van der Waals surface area (Å²) >= 11 is 0. The van der Waals surface area contributed by atoms with Gasteiger partial charge in [0.05, 0.1) is 0 Å². The molecular weight excluding hydrogens is 192 g/mol. The lowest BCUT2D eigenvalue weighted by Crippen LogP contribution is -1.73. The number of hydrogen-bond donors (Lipinski definition) is 0. The summed E-state index contributed by atoms with van der Waals surface area (Å²) in [6, 6.07) is 20.5. The zero-order valence-electron chi connectivity index (χ0n) is 9.77. The maximum atomic E-state index is 3.63. The third-order valence-corrected chi connectivity index (χ3v) is 2.29. The standard InChI is InChI=1S/C8H10.C8H8.H2/c2*1-2-8-6-4-3-5-7-8;/h3-7H,2H2,1H3;2-7H,1H2;1H. The Morgan fingerprint density at radius 3 is 1.75 bits per heavy atom. The summed E-state index contributed by atoms with van der Waals surface area (Å²) in [6.45, 7) is 5.79. The predicted molar refractivity (Wildman–Crippen MR) is 74.5 cm³/mol. The van der Waals surface area contributed by atoms with Crippen molar-refractivity contribution in [2.75, 3.05) is 0 Å². The van der Waals surface area contributed by atoms with Crippen LogP contribution in [0.4, 0.5) is 0 Å². The molecule has 0 nitrogen and oxygen atoms in total. The zero-order chi connectivity index (χ0) is 11.6. The minimum atomic E-state index is 0. The molecule has 0 unspecified atom stereocenters. The Morgan fingerprint density at radius 2 is 1.44 bits per heavy atom. The number of aryl methyl sites for hydroxylation is 1. The van der Waals surface area contributed by atoms with E-state index in [0.29, 0.717) is 0 Å². The van der Waals surface area contributed by atoms with Crippen molar-refractivity contribution in [3.63, 3.8) is 0 Å². The van der Waals surface area contributed by atoms with Gasteiger partial charge in [-0.1, -0.05) is 80.2 Å². The van der Waals surface area contributed by atoms with Crippen molar-refractivity contribution in [1.29, 1.82) is 0 Å². The summed E-state index contributed by atoms with van der Waals surface area (Å²) < 4.78 is 0. The van der Waals surface area contributed by atoms with Crippen molar-refractivity contribution in [3.8, 4) is 0 Å². The van der Waals surface area contributed by atoms with Gasteiger partial charge in [-0.3, -0.25) is 0 Å². The molecule has 0 saturated heterocycles. The molecule has 0 saturated carbocycles. The molecule has 0 spiro atoms. The Labute approximate surface area is 99.7 Å². The molecule has 0 fully saturated rings. The van der Waals surface area contributed by atoms with E-state index in [9.17, 15) is 0 Å². The SMILES string of the molecule is C=Cc1ccccc1.CCc1ccccc1.[HH]. The molecule has 0 heterocycles. The van der Waals surface area contributed by atoms with Crippen LogP contribution in [-0.4, -0.2) is 0 Å². The molecule has 16 heavy (non-hydrogen) atoms. The largest absolute Gasteiger partial charge is 0.0985 e. The van der Waals surface area contributed by atoms with Gasteiger partial charge in [-0.2, -0.15) is 0 Å². The highest BCUT2D eigenvalue weighted by Crippen LogP contribution is 1.97. The van der Waals surface area contributed by atoms with E-state index in [2.05, 4.69) is 37.8 Å². The molecule has 0 bridgehead atoms. The number of benzene rings is 2. The monoisotopic (exact) mass is 212 g/mol. The fourth-order valence-corrected chi connectivity index (χ4v) is 1.30. The van der Waals surface area contributed by atoms with Crippen molar-refractivity contribution in [2.24, 2.45) is 0 Å². The first kappa shape index (κ1) is 12.3. The fourth-order valence-electron chi connectivity index (χ4n) is 1.30. The highest BCUT2D eigenvalue weighted by atomic mass is 13.9. The highest BCUT2D eigenvalue weighted by molar-refractivity contribution is 5.45. The third-order valence-electron chi connectivity index (χ3n) is 2.29. The molecule has 2 aromatic carbocycles.